The van der Waals surface area contributed by atoms with Gasteiger partial charge in [-0.2, -0.15) is 0 Å². The summed E-state index contributed by atoms with van der Waals surface area (Å²) in [4.78, 5) is 15.5. The first-order chi connectivity index (χ1) is 10.5. The fourth-order valence-corrected chi connectivity index (χ4v) is 5.53. The Bertz CT molecular complexity index is 383. The number of benzene rings is 1. The van der Waals surface area contributed by atoms with Gasteiger partial charge < -0.3 is 14.9 Å². The van der Waals surface area contributed by atoms with E-state index in [9.17, 15) is 0 Å². The van der Waals surface area contributed by atoms with Crippen molar-refractivity contribution in [3.63, 3.8) is 0 Å². The minimum absolute atomic E-state index is 0. The standard InChI is InChI=1S/C15H26NP2.2CHO.Mn/c1-12(2)18(13(3)4)10-9-16-11-14-7-5-6-8-15(14)17;2*1-2;/h5-8,12-13H,9-11,17H2,1-4H3;2*1H;/q3*-1;+3/p+1. The Labute approximate surface area is 156 Å². The molecule has 130 valence electrons. The molecule has 0 aromatic heterocycles. The maximum atomic E-state index is 7.75. The minimum atomic E-state index is -0.241. The predicted molar refractivity (Wildman–Crippen MR) is 105 cm³/mol. The zero-order valence-electron chi connectivity index (χ0n) is 14.5. The maximum absolute atomic E-state index is 7.75. The average molecular weight is 396 g/mol. The van der Waals surface area contributed by atoms with Gasteiger partial charge in [-0.3, -0.25) is 13.6 Å². The van der Waals surface area contributed by atoms with Gasteiger partial charge in [0, 0.05) is 14.1 Å². The van der Waals surface area contributed by atoms with Gasteiger partial charge in [0.05, 0.1) is 11.3 Å². The van der Waals surface area contributed by atoms with Crippen molar-refractivity contribution in [3.8, 4) is 0 Å². The second kappa shape index (κ2) is 18.2. The van der Waals surface area contributed by atoms with Gasteiger partial charge in [-0.15, -0.1) is 22.3 Å². The van der Waals surface area contributed by atoms with Gasteiger partial charge in [0.1, 0.15) is 0 Å². The van der Waals surface area contributed by atoms with E-state index in [1.807, 2.05) is 0 Å². The Balaban J connectivity index is -0.000000739. The van der Waals surface area contributed by atoms with Crippen LogP contribution in [0.2, 0.25) is 0 Å². The van der Waals surface area contributed by atoms with Gasteiger partial charge in [-0.05, 0) is 33.0 Å². The summed E-state index contributed by atoms with van der Waals surface area (Å²) in [6, 6.07) is 8.47. The Kier molecular flexibility index (Phi) is 22.0. The molecule has 0 saturated carbocycles. The third-order valence-corrected chi connectivity index (χ3v) is 7.71. The third-order valence-electron chi connectivity index (χ3n) is 3.38. The molecule has 1 rings (SSSR count). The molecule has 1 aromatic rings. The van der Waals surface area contributed by atoms with E-state index in [2.05, 4.69) is 74.8 Å². The fraction of sp³-hybridized carbons (Fsp3) is 0.529. The van der Waals surface area contributed by atoms with Crippen LogP contribution >= 0.6 is 17.2 Å². The monoisotopic (exact) mass is 396 g/mol. The molecule has 0 aliphatic heterocycles. The molecule has 0 spiro atoms. The molecule has 6 heteroatoms. The Morgan fingerprint density at radius 2 is 1.52 bits per heavy atom. The molecular weight excluding hydrogens is 367 g/mol. The van der Waals surface area contributed by atoms with Crippen molar-refractivity contribution < 1.29 is 26.7 Å². The molecule has 23 heavy (non-hydrogen) atoms. The van der Waals surface area contributed by atoms with Crippen molar-refractivity contribution in [2.75, 3.05) is 12.7 Å². The van der Waals surface area contributed by atoms with Gasteiger partial charge in [0.25, 0.3) is 0 Å². The van der Waals surface area contributed by atoms with Gasteiger partial charge in [0.2, 0.25) is 0 Å². The smallest absolute Gasteiger partial charge is 0.656 e. The van der Waals surface area contributed by atoms with Crippen LogP contribution < -0.4 is 5.30 Å². The molecule has 3 nitrogen and oxygen atoms in total. The summed E-state index contributed by atoms with van der Waals surface area (Å²) in [7, 11) is 2.55. The van der Waals surface area contributed by atoms with Crippen LogP contribution in [0, 0.1) is 0 Å². The van der Waals surface area contributed by atoms with E-state index in [1.54, 1.807) is 0 Å². The van der Waals surface area contributed by atoms with Crippen LogP contribution in [0.5, 0.6) is 0 Å². The average Bonchev–Trinajstić information content (AvgIpc) is 2.52. The van der Waals surface area contributed by atoms with Crippen LogP contribution in [-0.4, -0.2) is 37.6 Å². The van der Waals surface area contributed by atoms with Gasteiger partial charge in [-0.25, -0.2) is 0 Å². The zero-order chi connectivity index (χ0) is 17.5. The van der Waals surface area contributed by atoms with Crippen LogP contribution in [0.15, 0.2) is 24.3 Å². The summed E-state index contributed by atoms with van der Waals surface area (Å²) in [5.41, 5.74) is 3.06. The molecule has 0 saturated heterocycles. The van der Waals surface area contributed by atoms with E-state index in [1.165, 1.54) is 17.0 Å². The number of hydrogen-bond donors (Lipinski definition) is 0. The van der Waals surface area contributed by atoms with Crippen LogP contribution in [0.1, 0.15) is 33.3 Å². The van der Waals surface area contributed by atoms with Crippen molar-refractivity contribution in [2.45, 2.75) is 45.6 Å². The molecule has 1 unspecified atom stereocenters. The predicted octanol–water partition coefficient (Wildman–Crippen LogP) is 3.54. The van der Waals surface area contributed by atoms with E-state index in [4.69, 9.17) is 14.9 Å². The molecule has 1 atom stereocenters. The molecule has 0 aliphatic carbocycles. The molecule has 0 heterocycles. The van der Waals surface area contributed by atoms with Crippen LogP contribution in [0.25, 0.3) is 5.32 Å². The van der Waals surface area contributed by atoms with Crippen LogP contribution in [0.3, 0.4) is 0 Å². The fourth-order valence-electron chi connectivity index (χ4n) is 2.33. The third kappa shape index (κ3) is 12.9. The van der Waals surface area contributed by atoms with Crippen LogP contribution in [-0.2, 0) is 33.2 Å². The molecular formula is C17H29MnNO2P2+. The van der Waals surface area contributed by atoms with E-state index in [0.29, 0.717) is 0 Å². The number of carbonyl (C=O) groups excluding carboxylic acids is 2. The summed E-state index contributed by atoms with van der Waals surface area (Å²) in [5.74, 6) is 0. The topological polar surface area (TPSA) is 48.2 Å². The van der Waals surface area contributed by atoms with Gasteiger partial charge in [0.15, 0.2) is 0 Å². The van der Waals surface area contributed by atoms with E-state index in [-0.39, 0.29) is 25.0 Å². The quantitative estimate of drug-likeness (QED) is 0.233. The van der Waals surface area contributed by atoms with Gasteiger partial charge in [-0.1, -0.05) is 29.8 Å². The largest absolute Gasteiger partial charge is 3.00 e. The second-order valence-electron chi connectivity index (χ2n) is 5.44. The summed E-state index contributed by atoms with van der Waals surface area (Å²) in [6.45, 7) is 17.9. The molecule has 0 N–H and O–H groups in total. The summed E-state index contributed by atoms with van der Waals surface area (Å²) >= 11 is 0. The second-order valence-corrected chi connectivity index (χ2v) is 10.0. The Hall–Kier alpha value is -0.101. The Morgan fingerprint density at radius 3 is 1.96 bits per heavy atom. The Morgan fingerprint density at radius 1 is 1.04 bits per heavy atom. The van der Waals surface area contributed by atoms with E-state index < -0.39 is 0 Å². The number of hydrogen-bond acceptors (Lipinski definition) is 2. The zero-order valence-corrected chi connectivity index (χ0v) is 17.8. The number of nitrogens with zero attached hydrogens (tertiary/aromatic N) is 1. The van der Waals surface area contributed by atoms with Crippen molar-refractivity contribution in [1.29, 1.82) is 0 Å². The first-order valence-corrected chi connectivity index (χ1v) is 9.75. The van der Waals surface area contributed by atoms with Crippen molar-refractivity contribution >= 4 is 36.0 Å². The summed E-state index contributed by atoms with van der Waals surface area (Å²) in [6.07, 6.45) is 1.32. The van der Waals surface area contributed by atoms with Crippen molar-refractivity contribution in [1.82, 2.24) is 0 Å². The summed E-state index contributed by atoms with van der Waals surface area (Å²) in [5, 5.41) is 6.00. The first-order valence-electron chi connectivity index (χ1n) is 7.31. The van der Waals surface area contributed by atoms with Crippen molar-refractivity contribution in [3.05, 3.63) is 35.1 Å². The van der Waals surface area contributed by atoms with Crippen LogP contribution in [0.4, 0.5) is 0 Å². The normalized spacial score (nSPS) is 9.57. The molecule has 0 radical (unpaired) electrons. The minimum Gasteiger partial charge on any atom is -0.656 e. The summed E-state index contributed by atoms with van der Waals surface area (Å²) < 4.78 is 0. The van der Waals surface area contributed by atoms with Crippen molar-refractivity contribution in [2.24, 2.45) is 0 Å². The van der Waals surface area contributed by atoms with E-state index >= 15 is 0 Å². The molecule has 0 bridgehead atoms. The molecule has 0 aliphatic rings. The van der Waals surface area contributed by atoms with Gasteiger partial charge >= 0.3 is 17.1 Å². The maximum Gasteiger partial charge on any atom is 3.00 e. The molecule has 0 fully saturated rings. The number of rotatable bonds is 7. The SMILES string of the molecule is CC(C)[PH+](CC[N-]Cc1ccccc1P)C(C)C.[CH-]=O.[CH-]=O.[Mn+3]. The molecule has 0 amide bonds. The molecule has 1 aromatic carbocycles. The first kappa shape index (κ1) is 27.7. The van der Waals surface area contributed by atoms with E-state index in [0.717, 1.165) is 24.4 Å².